The van der Waals surface area contributed by atoms with Crippen LogP contribution < -0.4 is 57.5 Å². The number of hydrogen-bond acceptors (Lipinski definition) is 26. The third kappa shape index (κ3) is 24.1. The van der Waals surface area contributed by atoms with Crippen molar-refractivity contribution < 1.29 is 46.7 Å². The van der Waals surface area contributed by atoms with Gasteiger partial charge in [0.2, 0.25) is 0 Å². The molecule has 0 bridgehead atoms. The zero-order chi connectivity index (χ0) is 102. The lowest BCUT2D eigenvalue weighted by atomic mass is 9.95. The highest BCUT2D eigenvalue weighted by Gasteiger charge is 2.43. The average Bonchev–Trinajstić information content (AvgIpc) is 1.62. The number of anilines is 8. The van der Waals surface area contributed by atoms with Crippen LogP contribution in [0, 0.1) is 17.8 Å². The molecule has 3 aliphatic rings. The molecule has 22 rings (SSSR count). The van der Waals surface area contributed by atoms with Crippen molar-refractivity contribution in [2.75, 3.05) is 122 Å². The van der Waals surface area contributed by atoms with E-state index in [2.05, 4.69) is 160 Å². The molecule has 147 heavy (non-hydrogen) atoms. The van der Waals surface area contributed by atoms with Gasteiger partial charge >= 0.3 is 0 Å². The molecule has 0 amide bonds. The van der Waals surface area contributed by atoms with Crippen LogP contribution in [0.2, 0.25) is 0 Å². The number of ether oxygens (including phenoxy) is 8. The van der Waals surface area contributed by atoms with E-state index in [1.807, 2.05) is 210 Å². The number of aryl methyl sites for hydroxylation is 4. The van der Waals surface area contributed by atoms with E-state index in [4.69, 9.17) is 52.8 Å². The molecule has 12 heterocycles. The van der Waals surface area contributed by atoms with E-state index in [1.165, 1.54) is 0 Å². The lowest BCUT2D eigenvalue weighted by molar-refractivity contribution is -0.0219. The summed E-state index contributed by atoms with van der Waals surface area (Å²) in [6, 6.07) is 67.1. The van der Waals surface area contributed by atoms with Crippen LogP contribution in [0.3, 0.4) is 0 Å². The summed E-state index contributed by atoms with van der Waals surface area (Å²) in [5.74, 6) is 5.38. The molecule has 3 fully saturated rings. The molecule has 750 valence electrons. The van der Waals surface area contributed by atoms with E-state index in [0.717, 1.165) is 239 Å². The fourth-order valence-electron chi connectivity index (χ4n) is 18.9. The van der Waals surface area contributed by atoms with E-state index >= 15 is 0 Å². The zero-order valence-electron chi connectivity index (χ0n) is 84.5. The van der Waals surface area contributed by atoms with Gasteiger partial charge in [-0.1, -0.05) is 12.1 Å². The van der Waals surface area contributed by atoms with Crippen LogP contribution >= 0.6 is 0 Å². The molecular formula is C114H117F2N23O8. The fourth-order valence-corrected chi connectivity index (χ4v) is 18.9. The SMILES string of the molecule is COc1cc(OC)cc(N(CC2CCN(CC(C)(F)F)CC2)c2ccc3ncc(-c4cnn(C)c4)nc3c2)c1.COc1cc(OC)cc(N(CCn2cccc2)c2ccc3ncc(-c4cnn(C)c4)cc3c2)c1.COc1cc(OC)cc(N(C[C@@H]2C[C@H]2c2ccccn2)c2ccc3ncc(-c4cnn(C)c4)nc3c2)c1.COc1cc(OC)cc(N(C[C@H]2C[C@@H]2c2ccccn2)c2ccc3ncc(-c4cnn(C)c4)nc3c2)c1. The van der Waals surface area contributed by atoms with Crippen molar-refractivity contribution in [3.8, 4) is 90.9 Å². The summed E-state index contributed by atoms with van der Waals surface area (Å²) >= 11 is 0. The number of halogens is 2. The minimum absolute atomic E-state index is 0.195. The van der Waals surface area contributed by atoms with Gasteiger partial charge in [0.25, 0.3) is 5.92 Å². The van der Waals surface area contributed by atoms with Crippen molar-refractivity contribution in [3.63, 3.8) is 0 Å². The molecule has 19 aromatic rings. The Morgan fingerprint density at radius 3 is 1.03 bits per heavy atom. The zero-order valence-corrected chi connectivity index (χ0v) is 84.5. The van der Waals surface area contributed by atoms with Crippen molar-refractivity contribution >= 4 is 89.5 Å². The molecule has 31 nitrogen and oxygen atoms in total. The largest absolute Gasteiger partial charge is 0.497 e. The lowest BCUT2D eigenvalue weighted by Gasteiger charge is -2.36. The van der Waals surface area contributed by atoms with Crippen LogP contribution in [0.4, 0.5) is 54.3 Å². The van der Waals surface area contributed by atoms with Crippen molar-refractivity contribution in [2.24, 2.45) is 45.9 Å². The predicted molar refractivity (Wildman–Crippen MR) is 570 cm³/mol. The third-order valence-corrected chi connectivity index (χ3v) is 26.8. The van der Waals surface area contributed by atoms with Gasteiger partial charge in [0.1, 0.15) is 46.0 Å². The summed E-state index contributed by atoms with van der Waals surface area (Å²) in [7, 11) is 20.9. The average molecular weight is 1980 g/mol. The number of rotatable bonds is 33. The van der Waals surface area contributed by atoms with E-state index in [9.17, 15) is 8.78 Å². The first kappa shape index (κ1) is 98.8. The molecule has 11 aromatic heterocycles. The first-order valence-corrected chi connectivity index (χ1v) is 48.8. The Hall–Kier alpha value is -17.0. The predicted octanol–water partition coefficient (Wildman–Crippen LogP) is 21.6. The second-order valence-electron chi connectivity index (χ2n) is 37.2. The number of piperidine rings is 1. The second-order valence-corrected chi connectivity index (χ2v) is 37.2. The van der Waals surface area contributed by atoms with Crippen LogP contribution in [-0.2, 0) is 34.7 Å². The quantitative estimate of drug-likeness (QED) is 0.0369. The van der Waals surface area contributed by atoms with E-state index in [-0.39, 0.29) is 6.54 Å². The Labute approximate surface area is 851 Å². The molecule has 2 saturated carbocycles. The highest BCUT2D eigenvalue weighted by molar-refractivity contribution is 5.89. The molecule has 1 aliphatic heterocycles. The normalized spacial score (nSPS) is 14.9. The van der Waals surface area contributed by atoms with Gasteiger partial charge in [0, 0.05) is 298 Å². The van der Waals surface area contributed by atoms with Gasteiger partial charge in [-0.3, -0.25) is 53.5 Å². The highest BCUT2D eigenvalue weighted by Crippen LogP contribution is 2.52. The number of likely N-dealkylation sites (tertiary alicyclic amines) is 1. The summed E-state index contributed by atoms with van der Waals surface area (Å²) in [6.45, 7) is 6.08. The van der Waals surface area contributed by atoms with Gasteiger partial charge in [-0.2, -0.15) is 20.4 Å². The molecule has 8 aromatic carbocycles. The van der Waals surface area contributed by atoms with Crippen molar-refractivity contribution in [1.29, 1.82) is 0 Å². The Balaban J connectivity index is 0.000000124. The summed E-state index contributed by atoms with van der Waals surface area (Å²) in [6.07, 6.45) is 34.1. The van der Waals surface area contributed by atoms with Crippen molar-refractivity contribution in [3.05, 3.63) is 311 Å². The molecular weight excluding hydrogens is 1860 g/mol. The molecule has 33 heteroatoms. The van der Waals surface area contributed by atoms with Gasteiger partial charge in [-0.15, -0.1) is 0 Å². The molecule has 1 saturated heterocycles. The number of aromatic nitrogens is 18. The molecule has 0 radical (unpaired) electrons. The van der Waals surface area contributed by atoms with E-state index in [1.54, 1.807) is 113 Å². The Kier molecular flexibility index (Phi) is 29.9. The highest BCUT2D eigenvalue weighted by atomic mass is 19.3. The lowest BCUT2D eigenvalue weighted by Crippen LogP contribution is -2.42. The van der Waals surface area contributed by atoms with Gasteiger partial charge < -0.3 is 62.1 Å². The van der Waals surface area contributed by atoms with Crippen molar-refractivity contribution in [1.82, 2.24) is 93.4 Å². The minimum atomic E-state index is -2.68. The number of benzene rings is 8. The molecule has 0 spiro atoms. The molecule has 4 atom stereocenters. The second kappa shape index (κ2) is 44.5. The van der Waals surface area contributed by atoms with Crippen LogP contribution in [0.25, 0.3) is 88.9 Å². The van der Waals surface area contributed by atoms with Crippen LogP contribution in [0.15, 0.2) is 299 Å². The van der Waals surface area contributed by atoms with E-state index in [0.29, 0.717) is 60.7 Å². The van der Waals surface area contributed by atoms with Crippen molar-refractivity contribution in [2.45, 2.75) is 56.9 Å². The fraction of sp³-hybridized carbons (Fsp3) is 0.272. The molecule has 0 unspecified atom stereocenters. The Morgan fingerprint density at radius 2 is 0.680 bits per heavy atom. The number of alkyl halides is 2. The maximum absolute atomic E-state index is 13.6. The number of pyridine rings is 3. The topological polar surface area (TPSA) is 282 Å². The van der Waals surface area contributed by atoms with Gasteiger partial charge in [-0.25, -0.2) is 23.7 Å². The van der Waals surface area contributed by atoms with Crippen LogP contribution in [0.1, 0.15) is 55.8 Å². The van der Waals surface area contributed by atoms with Gasteiger partial charge in [0.05, 0.1) is 162 Å². The number of hydrogen-bond donors (Lipinski definition) is 0. The van der Waals surface area contributed by atoms with Gasteiger partial charge in [-0.05, 0) is 172 Å². The maximum atomic E-state index is 13.6. The van der Waals surface area contributed by atoms with Crippen LogP contribution in [0.5, 0.6) is 46.0 Å². The van der Waals surface area contributed by atoms with Gasteiger partial charge in [0.15, 0.2) is 0 Å². The smallest absolute Gasteiger partial charge is 0.257 e. The van der Waals surface area contributed by atoms with Crippen LogP contribution in [-0.4, -0.2) is 202 Å². The monoisotopic (exact) mass is 1970 g/mol. The summed E-state index contributed by atoms with van der Waals surface area (Å²) in [4.78, 5) is 53.5. The Morgan fingerprint density at radius 1 is 0.333 bits per heavy atom. The standard InChI is InChI=1S/C29H34F2N6O2.2C29H28N6O2.C27H27N5O2/c1-29(30,31)19-36-9-7-20(8-10-36)17-37(23-11-24(38-3)14-25(12-23)39-4)22-5-6-26-27(13-22)34-28(16-32-26)21-15-33-35(2)18-21;2*1-34-17-20(15-32-34)29-16-31-27-8-7-21(13-28(27)33-29)35(22-11-23(36-2)14-24(12-22)37-3)18-19-10-25(19)26-6-4-5-9-30-26;1-30-19-22(18-29-30)21-12-20-13-23(6-7-27(20)28-17-21)32(11-10-31-8-4-5-9-31)24-14-25(33-2)16-26(15-24)34-3/h5-6,11-16,18,20H,7-10,17,19H2,1-4H3;2*4-9,11-17,19,25H,10,18H2,1-3H3;4-9,12-19H,10-11H2,1-3H3/t;2*19-,25+;/m.10./s1. The minimum Gasteiger partial charge on any atom is -0.497 e. The summed E-state index contributed by atoms with van der Waals surface area (Å²) in [5.41, 5.74) is 23.4. The maximum Gasteiger partial charge on any atom is 0.257 e. The summed E-state index contributed by atoms with van der Waals surface area (Å²) < 4.78 is 80.9. The number of fused-ring (bicyclic) bond motifs is 4. The summed E-state index contributed by atoms with van der Waals surface area (Å²) in [5, 5.41) is 18.2. The first-order valence-electron chi connectivity index (χ1n) is 48.8. The number of methoxy groups -OCH3 is 8. The molecule has 2 aliphatic carbocycles. The third-order valence-electron chi connectivity index (χ3n) is 26.8. The molecule has 0 N–H and O–H groups in total. The van der Waals surface area contributed by atoms with E-state index < -0.39 is 5.92 Å². The Bertz CT molecular complexity index is 7430. The number of nitrogens with zero attached hydrogens (tertiary/aromatic N) is 23. The first-order chi connectivity index (χ1) is 71.5.